The highest BCUT2D eigenvalue weighted by molar-refractivity contribution is 6.32. The van der Waals surface area contributed by atoms with E-state index in [2.05, 4.69) is 49.0 Å². The molecule has 180 valence electrons. The smallest absolute Gasteiger partial charge is 0.333 e. The number of nitrogens with zero attached hydrogens (tertiary/aromatic N) is 1. The second-order valence-electron chi connectivity index (χ2n) is 9.85. The molecular formula is C31H27NO4. The molecule has 0 fully saturated rings. The molecule has 0 spiro atoms. The van der Waals surface area contributed by atoms with Gasteiger partial charge < -0.3 is 4.74 Å². The lowest BCUT2D eigenvalue weighted by molar-refractivity contribution is -0.139. The molecule has 1 aliphatic heterocycles. The fraction of sp³-hybridized carbons (Fsp3) is 0.258. The molecule has 0 bridgehead atoms. The molecule has 0 radical (unpaired) electrons. The van der Waals surface area contributed by atoms with E-state index in [4.69, 9.17) is 4.74 Å². The van der Waals surface area contributed by atoms with Gasteiger partial charge in [0.1, 0.15) is 0 Å². The predicted octanol–water partition coefficient (Wildman–Crippen LogP) is 6.01. The van der Waals surface area contributed by atoms with Crippen LogP contribution in [0.1, 0.15) is 65.6 Å². The summed E-state index contributed by atoms with van der Waals surface area (Å²) in [6, 6.07) is 16.8. The molecule has 3 aromatic carbocycles. The number of carbonyl (C=O) groups excluding carboxylic acids is 3. The third-order valence-electron chi connectivity index (χ3n) is 7.58. The highest BCUT2D eigenvalue weighted by atomic mass is 16.5. The standard InChI is InChI=1S/C31H27NO4/c1-18(2)31(35)36-17-5-3-4-16-32-29(33)24-14-12-22-20-10-6-8-19-9-7-11-21(26(19)20)23-13-15-25(30(32)34)28(24)27(22)23/h6-12,14-15,23H,1,3-5,13,16-17H2,2H3. The van der Waals surface area contributed by atoms with Crippen LogP contribution >= 0.6 is 0 Å². The Balaban J connectivity index is 1.28. The van der Waals surface area contributed by atoms with Crippen molar-refractivity contribution in [2.24, 2.45) is 0 Å². The van der Waals surface area contributed by atoms with Gasteiger partial charge in [-0.1, -0.05) is 55.1 Å². The first-order chi connectivity index (χ1) is 17.5. The average Bonchev–Trinajstić information content (AvgIpc) is 2.89. The maximum absolute atomic E-state index is 13.5. The number of allylic oxidation sites excluding steroid dienone is 1. The Morgan fingerprint density at radius 3 is 2.56 bits per heavy atom. The summed E-state index contributed by atoms with van der Waals surface area (Å²) in [4.78, 5) is 39.9. The van der Waals surface area contributed by atoms with Gasteiger partial charge in [-0.3, -0.25) is 14.5 Å². The minimum Gasteiger partial charge on any atom is -0.462 e. The highest BCUT2D eigenvalue weighted by Gasteiger charge is 2.42. The molecule has 1 heterocycles. The summed E-state index contributed by atoms with van der Waals surface area (Å²) in [7, 11) is 0. The lowest BCUT2D eigenvalue weighted by atomic mass is 9.68. The zero-order valence-electron chi connectivity index (χ0n) is 20.3. The lowest BCUT2D eigenvalue weighted by Gasteiger charge is -2.38. The minimum atomic E-state index is -0.391. The number of fused-ring (bicyclic) bond motifs is 2. The van der Waals surface area contributed by atoms with Crippen molar-refractivity contribution < 1.29 is 19.1 Å². The van der Waals surface area contributed by atoms with E-state index in [1.807, 2.05) is 12.1 Å². The van der Waals surface area contributed by atoms with E-state index in [0.717, 1.165) is 29.5 Å². The molecule has 2 amide bonds. The Bertz CT molecular complexity index is 1510. The number of ether oxygens (including phenoxy) is 1. The summed E-state index contributed by atoms with van der Waals surface area (Å²) in [6.45, 7) is 5.85. The second kappa shape index (κ2) is 8.59. The zero-order valence-corrected chi connectivity index (χ0v) is 20.3. The van der Waals surface area contributed by atoms with E-state index in [-0.39, 0.29) is 17.7 Å². The Morgan fingerprint density at radius 2 is 1.75 bits per heavy atom. The van der Waals surface area contributed by atoms with Gasteiger partial charge in [-0.05, 0) is 71.7 Å². The Morgan fingerprint density at radius 1 is 0.972 bits per heavy atom. The van der Waals surface area contributed by atoms with Gasteiger partial charge in [-0.2, -0.15) is 0 Å². The third kappa shape index (κ3) is 3.34. The number of hydrogen-bond donors (Lipinski definition) is 0. The maximum Gasteiger partial charge on any atom is 0.333 e. The number of esters is 1. The van der Waals surface area contributed by atoms with Crippen LogP contribution in [-0.2, 0) is 14.3 Å². The molecule has 5 nitrogen and oxygen atoms in total. The molecule has 1 atom stereocenters. The molecule has 3 aromatic rings. The summed E-state index contributed by atoms with van der Waals surface area (Å²) in [6.07, 6.45) is 4.86. The molecular weight excluding hydrogens is 450 g/mol. The molecule has 5 heteroatoms. The normalized spacial score (nSPS) is 17.1. The fourth-order valence-corrected chi connectivity index (χ4v) is 5.92. The zero-order chi connectivity index (χ0) is 25.0. The molecule has 0 saturated carbocycles. The van der Waals surface area contributed by atoms with Crippen LogP contribution in [0.2, 0.25) is 0 Å². The highest BCUT2D eigenvalue weighted by Crippen LogP contribution is 2.53. The monoisotopic (exact) mass is 477 g/mol. The molecule has 36 heavy (non-hydrogen) atoms. The summed E-state index contributed by atoms with van der Waals surface area (Å²) in [5, 5.41) is 2.49. The number of carbonyl (C=O) groups is 3. The van der Waals surface area contributed by atoms with Gasteiger partial charge in [0.05, 0.1) is 6.61 Å². The van der Waals surface area contributed by atoms with Crippen molar-refractivity contribution in [1.29, 1.82) is 0 Å². The van der Waals surface area contributed by atoms with Crippen molar-refractivity contribution in [3.63, 3.8) is 0 Å². The van der Waals surface area contributed by atoms with E-state index in [1.165, 1.54) is 26.8 Å². The van der Waals surface area contributed by atoms with E-state index >= 15 is 0 Å². The summed E-state index contributed by atoms with van der Waals surface area (Å²) in [5.41, 5.74) is 7.17. The van der Waals surface area contributed by atoms with Gasteiger partial charge in [0.2, 0.25) is 0 Å². The van der Waals surface area contributed by atoms with Crippen molar-refractivity contribution in [1.82, 2.24) is 4.90 Å². The van der Waals surface area contributed by atoms with Crippen LogP contribution in [0.3, 0.4) is 0 Å². The molecule has 6 rings (SSSR count). The lowest BCUT2D eigenvalue weighted by Crippen LogP contribution is -2.43. The van der Waals surface area contributed by atoms with E-state index < -0.39 is 5.97 Å². The minimum absolute atomic E-state index is 0.145. The van der Waals surface area contributed by atoms with Crippen LogP contribution in [0.5, 0.6) is 0 Å². The first kappa shape index (κ1) is 22.5. The van der Waals surface area contributed by atoms with Crippen molar-refractivity contribution in [3.8, 4) is 11.1 Å². The van der Waals surface area contributed by atoms with Crippen LogP contribution < -0.4 is 0 Å². The molecule has 0 N–H and O–H groups in total. The molecule has 0 aromatic heterocycles. The fourth-order valence-electron chi connectivity index (χ4n) is 5.92. The summed E-state index contributed by atoms with van der Waals surface area (Å²) < 4.78 is 5.13. The number of imide groups is 1. The van der Waals surface area contributed by atoms with Gasteiger partial charge in [0, 0.05) is 34.7 Å². The Kier molecular flexibility index (Phi) is 5.36. The number of unbranched alkanes of at least 4 members (excludes halogenated alkanes) is 2. The first-order valence-electron chi connectivity index (χ1n) is 12.6. The molecule has 2 aliphatic carbocycles. The first-order valence-corrected chi connectivity index (χ1v) is 12.6. The molecule has 1 unspecified atom stereocenters. The van der Waals surface area contributed by atoms with Crippen LogP contribution in [0.15, 0.2) is 66.8 Å². The number of amides is 2. The quantitative estimate of drug-likeness (QED) is 0.181. The van der Waals surface area contributed by atoms with Crippen LogP contribution in [0.25, 0.3) is 27.5 Å². The van der Waals surface area contributed by atoms with Crippen LogP contribution in [0.4, 0.5) is 0 Å². The van der Waals surface area contributed by atoms with Crippen molar-refractivity contribution in [2.75, 3.05) is 13.2 Å². The van der Waals surface area contributed by atoms with Crippen molar-refractivity contribution in [2.45, 2.75) is 38.5 Å². The summed E-state index contributed by atoms with van der Waals surface area (Å²) >= 11 is 0. The molecule has 3 aliphatic rings. The second-order valence-corrected chi connectivity index (χ2v) is 9.85. The topological polar surface area (TPSA) is 63.7 Å². The molecule has 0 saturated heterocycles. The van der Waals surface area contributed by atoms with Crippen LogP contribution in [0, 0.1) is 0 Å². The SMILES string of the molecule is C=C(C)C(=O)OCCCCCN1C(=O)C2=CCC3c4c(ccc(c42)C1=O)-c1cccc2cccc3c12. The maximum atomic E-state index is 13.5. The van der Waals surface area contributed by atoms with E-state index in [0.29, 0.717) is 42.7 Å². The largest absolute Gasteiger partial charge is 0.462 e. The third-order valence-corrected chi connectivity index (χ3v) is 7.58. The average molecular weight is 478 g/mol. The number of benzene rings is 3. The van der Waals surface area contributed by atoms with Gasteiger partial charge in [-0.25, -0.2) is 4.79 Å². The summed E-state index contributed by atoms with van der Waals surface area (Å²) in [5.74, 6) is -0.671. The Labute approximate surface area is 210 Å². The van der Waals surface area contributed by atoms with E-state index in [1.54, 1.807) is 6.92 Å². The predicted molar refractivity (Wildman–Crippen MR) is 139 cm³/mol. The van der Waals surface area contributed by atoms with Gasteiger partial charge in [-0.15, -0.1) is 0 Å². The van der Waals surface area contributed by atoms with E-state index in [9.17, 15) is 14.4 Å². The van der Waals surface area contributed by atoms with Gasteiger partial charge >= 0.3 is 5.97 Å². The van der Waals surface area contributed by atoms with Gasteiger partial charge in [0.25, 0.3) is 11.8 Å². The van der Waals surface area contributed by atoms with Gasteiger partial charge in [0.15, 0.2) is 0 Å². The number of hydrogen-bond acceptors (Lipinski definition) is 4. The van der Waals surface area contributed by atoms with Crippen molar-refractivity contribution in [3.05, 3.63) is 89.0 Å². The van der Waals surface area contributed by atoms with Crippen LogP contribution in [-0.4, -0.2) is 35.8 Å². The van der Waals surface area contributed by atoms with Crippen molar-refractivity contribution >= 4 is 34.1 Å². The Hall–Kier alpha value is -3.99. The number of rotatable bonds is 7.